The minimum absolute atomic E-state index is 0.449. The largest absolute Gasteiger partial charge is 0.493 e. The minimum Gasteiger partial charge on any atom is -0.493 e. The first kappa shape index (κ1) is 15.9. The predicted molar refractivity (Wildman–Crippen MR) is 87.7 cm³/mol. The number of oxime groups is 1. The Morgan fingerprint density at radius 1 is 1.05 bits per heavy atom. The SMILES string of the molecule is CCOc1ccc(/C=N/OCc2ccc(C)cc2)cc1OC. The summed E-state index contributed by atoms with van der Waals surface area (Å²) in [7, 11) is 1.62. The Morgan fingerprint density at radius 3 is 2.50 bits per heavy atom. The number of ether oxygens (including phenoxy) is 2. The molecule has 0 saturated heterocycles. The fraction of sp³-hybridized carbons (Fsp3) is 0.278. The van der Waals surface area contributed by atoms with E-state index in [2.05, 4.69) is 24.2 Å². The van der Waals surface area contributed by atoms with Gasteiger partial charge in [-0.3, -0.25) is 0 Å². The maximum atomic E-state index is 5.48. The van der Waals surface area contributed by atoms with Gasteiger partial charge in [0.2, 0.25) is 0 Å². The fourth-order valence-electron chi connectivity index (χ4n) is 1.93. The zero-order valence-electron chi connectivity index (χ0n) is 13.2. The van der Waals surface area contributed by atoms with Crippen molar-refractivity contribution >= 4 is 6.21 Å². The van der Waals surface area contributed by atoms with Gasteiger partial charge < -0.3 is 14.3 Å². The van der Waals surface area contributed by atoms with Crippen molar-refractivity contribution in [1.82, 2.24) is 0 Å². The van der Waals surface area contributed by atoms with Gasteiger partial charge in [0.15, 0.2) is 11.5 Å². The molecular weight excluding hydrogens is 278 g/mol. The van der Waals surface area contributed by atoms with Crippen molar-refractivity contribution in [2.75, 3.05) is 13.7 Å². The van der Waals surface area contributed by atoms with Crippen LogP contribution in [0.5, 0.6) is 11.5 Å². The lowest BCUT2D eigenvalue weighted by molar-refractivity contribution is 0.132. The highest BCUT2D eigenvalue weighted by molar-refractivity contribution is 5.80. The summed E-state index contributed by atoms with van der Waals surface area (Å²) in [5.41, 5.74) is 3.21. The third kappa shape index (κ3) is 4.52. The molecule has 0 radical (unpaired) electrons. The Labute approximate surface area is 131 Å². The van der Waals surface area contributed by atoms with E-state index in [1.54, 1.807) is 13.3 Å². The third-order valence-electron chi connectivity index (χ3n) is 3.12. The standard InChI is InChI=1S/C18H21NO3/c1-4-21-17-10-9-16(11-18(17)20-3)12-19-22-13-15-7-5-14(2)6-8-15/h5-12H,4,13H2,1-3H3/b19-12+. The van der Waals surface area contributed by atoms with Crippen LogP contribution < -0.4 is 9.47 Å². The first-order valence-electron chi connectivity index (χ1n) is 7.24. The molecule has 116 valence electrons. The molecule has 2 aromatic rings. The molecule has 0 atom stereocenters. The van der Waals surface area contributed by atoms with E-state index in [4.69, 9.17) is 14.3 Å². The Kier molecular flexibility index (Phi) is 5.83. The van der Waals surface area contributed by atoms with Crippen LogP contribution in [0.2, 0.25) is 0 Å². The molecule has 0 aliphatic rings. The summed E-state index contributed by atoms with van der Waals surface area (Å²) >= 11 is 0. The van der Waals surface area contributed by atoms with E-state index >= 15 is 0 Å². The molecule has 0 fully saturated rings. The van der Waals surface area contributed by atoms with E-state index in [1.165, 1.54) is 5.56 Å². The highest BCUT2D eigenvalue weighted by Crippen LogP contribution is 2.27. The zero-order valence-corrected chi connectivity index (χ0v) is 13.2. The molecular formula is C18H21NO3. The highest BCUT2D eigenvalue weighted by atomic mass is 16.6. The fourth-order valence-corrected chi connectivity index (χ4v) is 1.93. The van der Waals surface area contributed by atoms with Gasteiger partial charge in [-0.15, -0.1) is 0 Å². The van der Waals surface area contributed by atoms with Gasteiger partial charge in [0.1, 0.15) is 6.61 Å². The van der Waals surface area contributed by atoms with Gasteiger partial charge in [0.25, 0.3) is 0 Å². The van der Waals surface area contributed by atoms with Crippen molar-refractivity contribution < 1.29 is 14.3 Å². The van der Waals surface area contributed by atoms with Crippen molar-refractivity contribution in [1.29, 1.82) is 0 Å². The average Bonchev–Trinajstić information content (AvgIpc) is 2.54. The zero-order chi connectivity index (χ0) is 15.8. The van der Waals surface area contributed by atoms with Gasteiger partial charge in [0, 0.05) is 5.56 Å². The van der Waals surface area contributed by atoms with Crippen molar-refractivity contribution in [3.05, 3.63) is 59.2 Å². The van der Waals surface area contributed by atoms with Crippen molar-refractivity contribution in [2.24, 2.45) is 5.16 Å². The van der Waals surface area contributed by atoms with E-state index in [9.17, 15) is 0 Å². The summed E-state index contributed by atoms with van der Waals surface area (Å²) in [6, 6.07) is 13.8. The van der Waals surface area contributed by atoms with E-state index in [0.29, 0.717) is 19.0 Å². The second-order valence-electron chi connectivity index (χ2n) is 4.84. The summed E-state index contributed by atoms with van der Waals surface area (Å²) in [4.78, 5) is 5.31. The molecule has 0 bridgehead atoms. The molecule has 4 heteroatoms. The molecule has 0 spiro atoms. The average molecular weight is 299 g/mol. The molecule has 0 aromatic heterocycles. The summed E-state index contributed by atoms with van der Waals surface area (Å²) in [5, 5.41) is 3.99. The van der Waals surface area contributed by atoms with Gasteiger partial charge >= 0.3 is 0 Å². The normalized spacial score (nSPS) is 10.7. The lowest BCUT2D eigenvalue weighted by Crippen LogP contribution is -1.96. The first-order valence-corrected chi connectivity index (χ1v) is 7.24. The summed E-state index contributed by atoms with van der Waals surface area (Å²) in [6.45, 7) is 5.05. The second-order valence-corrected chi connectivity index (χ2v) is 4.84. The number of nitrogens with zero attached hydrogens (tertiary/aromatic N) is 1. The molecule has 2 aromatic carbocycles. The number of hydrogen-bond acceptors (Lipinski definition) is 4. The summed E-state index contributed by atoms with van der Waals surface area (Å²) in [5.74, 6) is 1.41. The molecule has 0 heterocycles. The third-order valence-corrected chi connectivity index (χ3v) is 3.12. The van der Waals surface area contributed by atoms with E-state index in [-0.39, 0.29) is 0 Å². The quantitative estimate of drug-likeness (QED) is 0.574. The highest BCUT2D eigenvalue weighted by Gasteiger charge is 2.04. The van der Waals surface area contributed by atoms with Gasteiger partial charge in [-0.05, 0) is 37.6 Å². The van der Waals surface area contributed by atoms with E-state index in [0.717, 1.165) is 16.9 Å². The molecule has 0 aliphatic carbocycles. The van der Waals surface area contributed by atoms with Gasteiger partial charge in [0.05, 0.1) is 19.9 Å². The smallest absolute Gasteiger partial charge is 0.161 e. The van der Waals surface area contributed by atoms with Crippen LogP contribution in [0.15, 0.2) is 47.6 Å². The Balaban J connectivity index is 1.93. The minimum atomic E-state index is 0.449. The van der Waals surface area contributed by atoms with Crippen LogP contribution in [-0.2, 0) is 11.4 Å². The molecule has 4 nitrogen and oxygen atoms in total. The van der Waals surface area contributed by atoms with Crippen LogP contribution in [-0.4, -0.2) is 19.9 Å². The number of rotatable bonds is 7. The Bertz CT molecular complexity index is 621. The van der Waals surface area contributed by atoms with Crippen LogP contribution in [0.3, 0.4) is 0 Å². The van der Waals surface area contributed by atoms with Crippen molar-refractivity contribution in [3.8, 4) is 11.5 Å². The Hall–Kier alpha value is -2.49. The van der Waals surface area contributed by atoms with Crippen LogP contribution in [0.4, 0.5) is 0 Å². The maximum absolute atomic E-state index is 5.48. The van der Waals surface area contributed by atoms with Crippen LogP contribution in [0, 0.1) is 6.92 Å². The number of aryl methyl sites for hydroxylation is 1. The lowest BCUT2D eigenvalue weighted by atomic mass is 10.2. The second kappa shape index (κ2) is 8.08. The molecule has 0 unspecified atom stereocenters. The van der Waals surface area contributed by atoms with Crippen molar-refractivity contribution in [3.63, 3.8) is 0 Å². The Morgan fingerprint density at radius 2 is 1.82 bits per heavy atom. The van der Waals surface area contributed by atoms with Gasteiger partial charge in [-0.2, -0.15) is 0 Å². The molecule has 0 aliphatic heterocycles. The first-order chi connectivity index (χ1) is 10.7. The lowest BCUT2D eigenvalue weighted by Gasteiger charge is -2.09. The number of hydrogen-bond donors (Lipinski definition) is 0. The monoisotopic (exact) mass is 299 g/mol. The van der Waals surface area contributed by atoms with Gasteiger partial charge in [-0.1, -0.05) is 35.0 Å². The molecule has 0 amide bonds. The molecule has 0 saturated carbocycles. The molecule has 22 heavy (non-hydrogen) atoms. The summed E-state index contributed by atoms with van der Waals surface area (Å²) < 4.78 is 10.8. The van der Waals surface area contributed by atoms with E-state index < -0.39 is 0 Å². The topological polar surface area (TPSA) is 40.0 Å². The predicted octanol–water partition coefficient (Wildman–Crippen LogP) is 3.95. The number of benzene rings is 2. The van der Waals surface area contributed by atoms with Gasteiger partial charge in [-0.25, -0.2) is 0 Å². The summed E-state index contributed by atoms with van der Waals surface area (Å²) in [6.07, 6.45) is 1.66. The maximum Gasteiger partial charge on any atom is 0.161 e. The molecule has 2 rings (SSSR count). The van der Waals surface area contributed by atoms with Crippen LogP contribution in [0.25, 0.3) is 0 Å². The van der Waals surface area contributed by atoms with Crippen LogP contribution >= 0.6 is 0 Å². The van der Waals surface area contributed by atoms with Crippen LogP contribution in [0.1, 0.15) is 23.6 Å². The van der Waals surface area contributed by atoms with Crippen molar-refractivity contribution in [2.45, 2.75) is 20.5 Å². The number of methoxy groups -OCH3 is 1. The molecule has 0 N–H and O–H groups in total. The van der Waals surface area contributed by atoms with E-state index in [1.807, 2.05) is 37.3 Å².